The van der Waals surface area contributed by atoms with Gasteiger partial charge in [0.05, 0.1) is 11.9 Å². The molecule has 5 rings (SSSR count). The predicted octanol–water partition coefficient (Wildman–Crippen LogP) is 3.37. The topological polar surface area (TPSA) is 21.1 Å². The highest BCUT2D eigenvalue weighted by molar-refractivity contribution is 5.60. The fourth-order valence-electron chi connectivity index (χ4n) is 4.49. The minimum atomic E-state index is 0.819. The third kappa shape index (κ3) is 2.51. The molecule has 2 atom stereocenters. The summed E-state index contributed by atoms with van der Waals surface area (Å²) in [5, 5.41) is 0. The van der Waals surface area contributed by atoms with Gasteiger partial charge < -0.3 is 9.47 Å². The highest BCUT2D eigenvalue weighted by atomic mass is 15.2. The minimum Gasteiger partial charge on any atom is -0.328 e. The van der Waals surface area contributed by atoms with E-state index in [0.29, 0.717) is 0 Å². The van der Waals surface area contributed by atoms with E-state index in [1.54, 1.807) is 0 Å². The molecule has 3 nitrogen and oxygen atoms in total. The Balaban J connectivity index is 1.39. The van der Waals surface area contributed by atoms with Gasteiger partial charge in [-0.15, -0.1) is 0 Å². The Morgan fingerprint density at radius 3 is 2.61 bits per heavy atom. The first-order valence-corrected chi connectivity index (χ1v) is 9.10. The van der Waals surface area contributed by atoms with Crippen LogP contribution in [0.15, 0.2) is 30.5 Å². The fraction of sp³-hybridized carbons (Fsp3) is 0.550. The molecule has 120 valence electrons. The van der Waals surface area contributed by atoms with Gasteiger partial charge in [-0.05, 0) is 43.1 Å². The molecule has 0 N–H and O–H groups in total. The molecule has 2 aromatic rings. The van der Waals surface area contributed by atoms with Crippen LogP contribution in [0.4, 0.5) is 0 Å². The van der Waals surface area contributed by atoms with E-state index < -0.39 is 0 Å². The number of nitrogens with zero attached hydrogens (tertiary/aromatic N) is 3. The van der Waals surface area contributed by atoms with Gasteiger partial charge in [-0.3, -0.25) is 0 Å². The van der Waals surface area contributed by atoms with Crippen molar-refractivity contribution in [2.24, 2.45) is 17.8 Å². The van der Waals surface area contributed by atoms with Gasteiger partial charge in [-0.25, -0.2) is 4.98 Å². The zero-order valence-corrected chi connectivity index (χ0v) is 13.9. The molecule has 1 aliphatic carbocycles. The quantitative estimate of drug-likeness (QED) is 0.867. The zero-order chi connectivity index (χ0) is 15.4. The zero-order valence-electron chi connectivity index (χ0n) is 13.9. The summed E-state index contributed by atoms with van der Waals surface area (Å²) in [6, 6.07) is 8.88. The summed E-state index contributed by atoms with van der Waals surface area (Å²) in [6.07, 6.45) is 6.18. The largest absolute Gasteiger partial charge is 0.328 e. The van der Waals surface area contributed by atoms with Gasteiger partial charge in [-0.2, -0.15) is 0 Å². The number of fused-ring (bicyclic) bond motifs is 2. The normalized spacial score (nSPS) is 27.0. The van der Waals surface area contributed by atoms with Gasteiger partial charge in [0.15, 0.2) is 0 Å². The van der Waals surface area contributed by atoms with Crippen LogP contribution in [0.1, 0.15) is 24.2 Å². The molecule has 2 fully saturated rings. The molecule has 0 radical (unpaired) electrons. The Morgan fingerprint density at radius 1 is 1.04 bits per heavy atom. The number of aromatic nitrogens is 2. The first-order chi connectivity index (χ1) is 11.3. The van der Waals surface area contributed by atoms with Crippen molar-refractivity contribution in [2.75, 3.05) is 19.6 Å². The van der Waals surface area contributed by atoms with Crippen molar-refractivity contribution < 1.29 is 0 Å². The minimum absolute atomic E-state index is 0.819. The van der Waals surface area contributed by atoms with E-state index >= 15 is 0 Å². The average Bonchev–Trinajstić information content (AvgIpc) is 3.13. The van der Waals surface area contributed by atoms with Crippen LogP contribution in [-0.2, 0) is 13.0 Å². The third-order valence-electron chi connectivity index (χ3n) is 6.01. The van der Waals surface area contributed by atoms with E-state index in [4.69, 9.17) is 4.98 Å². The molecule has 1 saturated heterocycles. The molecule has 0 amide bonds. The lowest BCUT2D eigenvalue weighted by Gasteiger charge is -2.27. The summed E-state index contributed by atoms with van der Waals surface area (Å²) >= 11 is 0. The Hall–Kier alpha value is -1.61. The smallest absolute Gasteiger partial charge is 0.109 e. The van der Waals surface area contributed by atoms with Crippen molar-refractivity contribution in [2.45, 2.75) is 32.7 Å². The Morgan fingerprint density at radius 2 is 1.83 bits per heavy atom. The maximum atomic E-state index is 4.76. The molecule has 23 heavy (non-hydrogen) atoms. The van der Waals surface area contributed by atoms with Crippen molar-refractivity contribution in [3.8, 4) is 11.3 Å². The van der Waals surface area contributed by atoms with Crippen LogP contribution in [-0.4, -0.2) is 34.1 Å². The lowest BCUT2D eigenvalue weighted by Crippen LogP contribution is -2.28. The fourth-order valence-corrected chi connectivity index (χ4v) is 4.49. The Bertz CT molecular complexity index is 711. The number of aryl methyl sites for hydroxylation is 1. The van der Waals surface area contributed by atoms with Crippen LogP contribution < -0.4 is 0 Å². The van der Waals surface area contributed by atoms with Crippen molar-refractivity contribution in [1.82, 2.24) is 14.5 Å². The van der Waals surface area contributed by atoms with Gasteiger partial charge in [0, 0.05) is 32.6 Å². The van der Waals surface area contributed by atoms with Gasteiger partial charge in [0.1, 0.15) is 5.82 Å². The average molecular weight is 307 g/mol. The maximum Gasteiger partial charge on any atom is 0.109 e. The van der Waals surface area contributed by atoms with E-state index in [9.17, 15) is 0 Å². The van der Waals surface area contributed by atoms with Gasteiger partial charge in [0.25, 0.3) is 0 Å². The van der Waals surface area contributed by atoms with E-state index in [1.807, 2.05) is 0 Å². The summed E-state index contributed by atoms with van der Waals surface area (Å²) in [4.78, 5) is 7.49. The summed E-state index contributed by atoms with van der Waals surface area (Å²) in [6.45, 7) is 7.25. The van der Waals surface area contributed by atoms with Crippen LogP contribution >= 0.6 is 0 Å². The molecule has 3 aliphatic rings. The molecule has 0 spiro atoms. The van der Waals surface area contributed by atoms with Crippen molar-refractivity contribution >= 4 is 0 Å². The summed E-state index contributed by atoms with van der Waals surface area (Å²) in [7, 11) is 0. The van der Waals surface area contributed by atoms with Crippen LogP contribution in [0.3, 0.4) is 0 Å². The summed E-state index contributed by atoms with van der Waals surface area (Å²) in [5.74, 6) is 3.96. The molecule has 1 aromatic heterocycles. The molecule has 1 aromatic carbocycles. The molecule has 2 aliphatic heterocycles. The molecular weight excluding hydrogens is 282 g/mol. The van der Waals surface area contributed by atoms with Gasteiger partial charge in [-0.1, -0.05) is 29.8 Å². The first-order valence-electron chi connectivity index (χ1n) is 9.10. The van der Waals surface area contributed by atoms with E-state index in [-0.39, 0.29) is 0 Å². The second-order valence-corrected chi connectivity index (χ2v) is 7.92. The second kappa shape index (κ2) is 5.20. The molecular formula is C20H25N3. The van der Waals surface area contributed by atoms with E-state index in [0.717, 1.165) is 30.7 Å². The number of imidazole rings is 1. The lowest BCUT2D eigenvalue weighted by atomic mass is 9.89. The van der Waals surface area contributed by atoms with Crippen LogP contribution in [0.25, 0.3) is 11.3 Å². The monoisotopic (exact) mass is 307 g/mol. The number of benzene rings is 1. The lowest BCUT2D eigenvalue weighted by molar-refractivity contribution is 0.303. The highest BCUT2D eigenvalue weighted by Gasteiger charge is 2.39. The second-order valence-electron chi connectivity index (χ2n) is 7.92. The number of hydrogen-bond donors (Lipinski definition) is 0. The predicted molar refractivity (Wildman–Crippen MR) is 92.2 cm³/mol. The van der Waals surface area contributed by atoms with Crippen molar-refractivity contribution in [3.05, 3.63) is 41.9 Å². The van der Waals surface area contributed by atoms with Crippen LogP contribution in [0, 0.1) is 24.7 Å². The summed E-state index contributed by atoms with van der Waals surface area (Å²) in [5.41, 5.74) is 3.93. The molecule has 1 saturated carbocycles. The number of rotatable bonds is 3. The maximum absolute atomic E-state index is 4.76. The molecule has 3 heteroatoms. The third-order valence-corrected chi connectivity index (χ3v) is 6.01. The van der Waals surface area contributed by atoms with Gasteiger partial charge >= 0.3 is 0 Å². The van der Waals surface area contributed by atoms with Crippen molar-refractivity contribution in [1.29, 1.82) is 0 Å². The number of hydrogen-bond acceptors (Lipinski definition) is 2. The molecule has 3 heterocycles. The van der Waals surface area contributed by atoms with Gasteiger partial charge in [0.2, 0.25) is 0 Å². The van der Waals surface area contributed by atoms with Crippen LogP contribution in [0.5, 0.6) is 0 Å². The highest BCUT2D eigenvalue weighted by Crippen LogP contribution is 2.37. The first kappa shape index (κ1) is 13.8. The van der Waals surface area contributed by atoms with E-state index in [2.05, 4.69) is 46.9 Å². The van der Waals surface area contributed by atoms with Crippen LogP contribution in [0.2, 0.25) is 0 Å². The summed E-state index contributed by atoms with van der Waals surface area (Å²) < 4.78 is 2.49. The Kier molecular flexibility index (Phi) is 3.12. The van der Waals surface area contributed by atoms with Crippen molar-refractivity contribution in [3.63, 3.8) is 0 Å². The SMILES string of the molecule is Cc1ccc(-c2cnc3n2CC2CN(CC4CC4)CC2C3)cc1. The number of likely N-dealkylation sites (tertiary alicyclic amines) is 1. The molecule has 2 unspecified atom stereocenters. The standard InChI is InChI=1S/C20H25N3/c1-14-2-6-16(7-3-14)19-9-21-20-8-17-11-22(10-15-4-5-15)12-18(17)13-23(19)20/h2-3,6-7,9,15,17-18H,4-5,8,10-13H2,1H3. The molecule has 0 bridgehead atoms. The van der Waals surface area contributed by atoms with E-state index in [1.165, 1.54) is 55.1 Å². The Labute approximate surface area is 138 Å².